The normalized spacial score (nSPS) is 11.3. The lowest BCUT2D eigenvalue weighted by Gasteiger charge is -2.08. The number of hydrogen-bond donors (Lipinski definition) is 1. The Bertz CT molecular complexity index is 1320. The molecule has 0 saturated heterocycles. The first-order valence-electron chi connectivity index (χ1n) is 9.34. The van der Waals surface area contributed by atoms with Crippen molar-refractivity contribution < 1.29 is 0 Å². The summed E-state index contributed by atoms with van der Waals surface area (Å²) in [5.74, 6) is 0. The van der Waals surface area contributed by atoms with Crippen LogP contribution in [0.2, 0.25) is 0 Å². The summed E-state index contributed by atoms with van der Waals surface area (Å²) in [5, 5.41) is 13.0. The minimum absolute atomic E-state index is 0.629. The number of nitrogens with one attached hydrogen (secondary N) is 1. The fourth-order valence-electron chi connectivity index (χ4n) is 3.54. The molecule has 5 rings (SSSR count). The van der Waals surface area contributed by atoms with E-state index >= 15 is 0 Å². The van der Waals surface area contributed by atoms with Crippen LogP contribution in [-0.2, 0) is 7.05 Å². The topological polar surface area (TPSA) is 85.2 Å². The Morgan fingerprint density at radius 3 is 2.52 bits per heavy atom. The van der Waals surface area contributed by atoms with Crippen LogP contribution in [-0.4, -0.2) is 34.9 Å². The fourth-order valence-corrected chi connectivity index (χ4v) is 3.54. The van der Waals surface area contributed by atoms with E-state index in [1.165, 1.54) is 0 Å². The summed E-state index contributed by atoms with van der Waals surface area (Å²) >= 11 is 0. The van der Waals surface area contributed by atoms with Gasteiger partial charge >= 0.3 is 0 Å². The van der Waals surface area contributed by atoms with Gasteiger partial charge in [0.05, 0.1) is 33.9 Å². The minimum Gasteiger partial charge on any atom is -0.275 e. The summed E-state index contributed by atoms with van der Waals surface area (Å²) in [6, 6.07) is 12.0. The third-order valence-electron chi connectivity index (χ3n) is 4.92. The number of aromatic amines is 1. The molecule has 0 aliphatic rings. The van der Waals surface area contributed by atoms with Gasteiger partial charge in [0.15, 0.2) is 5.65 Å². The number of aromatic nitrogens is 7. The third-order valence-corrected chi connectivity index (χ3v) is 4.92. The van der Waals surface area contributed by atoms with E-state index in [0.29, 0.717) is 5.65 Å². The average molecular weight is 381 g/mol. The molecule has 1 N–H and O–H groups in total. The Labute approximate surface area is 167 Å². The molecule has 0 fully saturated rings. The van der Waals surface area contributed by atoms with Crippen LogP contribution in [0.15, 0.2) is 55.0 Å². The van der Waals surface area contributed by atoms with Crippen LogP contribution in [0.4, 0.5) is 0 Å². The van der Waals surface area contributed by atoms with Gasteiger partial charge in [-0.05, 0) is 43.7 Å². The van der Waals surface area contributed by atoms with Crippen LogP contribution in [0.25, 0.3) is 44.9 Å². The zero-order valence-electron chi connectivity index (χ0n) is 16.4. The number of nitrogens with zero attached hydrogens (tertiary/aromatic N) is 6. The highest BCUT2D eigenvalue weighted by Gasteiger charge is 2.19. The van der Waals surface area contributed by atoms with E-state index < -0.39 is 0 Å². The molecular formula is C22H19N7. The van der Waals surface area contributed by atoms with Crippen LogP contribution in [0.1, 0.15) is 11.3 Å². The number of hydrogen-bond acceptors (Lipinski definition) is 5. The molecule has 5 aromatic rings. The molecule has 5 heterocycles. The maximum Gasteiger partial charge on any atom is 0.182 e. The molecule has 0 bridgehead atoms. The van der Waals surface area contributed by atoms with Gasteiger partial charge in [-0.3, -0.25) is 19.7 Å². The van der Waals surface area contributed by atoms with Gasteiger partial charge in [0.1, 0.15) is 0 Å². The number of aryl methyl sites for hydroxylation is 3. The molecule has 0 spiro atoms. The summed E-state index contributed by atoms with van der Waals surface area (Å²) < 4.78 is 1.80. The predicted octanol–water partition coefficient (Wildman–Crippen LogP) is 4.10. The number of H-pyrrole nitrogens is 1. The molecule has 29 heavy (non-hydrogen) atoms. The van der Waals surface area contributed by atoms with E-state index in [0.717, 1.165) is 50.5 Å². The smallest absolute Gasteiger partial charge is 0.182 e. The van der Waals surface area contributed by atoms with Crippen LogP contribution in [0.5, 0.6) is 0 Å². The van der Waals surface area contributed by atoms with E-state index in [1.54, 1.807) is 10.9 Å². The van der Waals surface area contributed by atoms with Gasteiger partial charge in [0.2, 0.25) is 0 Å². The van der Waals surface area contributed by atoms with Gasteiger partial charge < -0.3 is 0 Å². The molecule has 5 aromatic heterocycles. The van der Waals surface area contributed by atoms with E-state index in [-0.39, 0.29) is 0 Å². The average Bonchev–Trinajstić information content (AvgIpc) is 3.31. The summed E-state index contributed by atoms with van der Waals surface area (Å²) in [6.45, 7) is 4.01. The second-order valence-electron chi connectivity index (χ2n) is 7.09. The molecule has 0 saturated carbocycles. The molecule has 7 heteroatoms. The molecule has 0 atom stereocenters. The maximum atomic E-state index is 4.82. The molecule has 0 amide bonds. The highest BCUT2D eigenvalue weighted by molar-refractivity contribution is 6.02. The molecular weight excluding hydrogens is 362 g/mol. The van der Waals surface area contributed by atoms with E-state index in [2.05, 4.69) is 37.4 Å². The largest absolute Gasteiger partial charge is 0.275 e. The standard InChI is InChI=1S/C22H19N7/c1-13-7-8-17(24-11-13)15-10-19(16-12-29(3)28-14(16)2)25-22-20(15)21(26-27-22)18-6-4-5-9-23-18/h4-12H,1-3H3,(H,25,26,27). The van der Waals surface area contributed by atoms with Crippen molar-refractivity contribution >= 4 is 11.0 Å². The predicted molar refractivity (Wildman–Crippen MR) is 112 cm³/mol. The lowest BCUT2D eigenvalue weighted by molar-refractivity contribution is 0.756. The van der Waals surface area contributed by atoms with E-state index in [9.17, 15) is 0 Å². The van der Waals surface area contributed by atoms with Crippen molar-refractivity contribution in [3.05, 3.63) is 66.2 Å². The zero-order chi connectivity index (χ0) is 20.0. The van der Waals surface area contributed by atoms with E-state index in [1.807, 2.05) is 57.6 Å². The highest BCUT2D eigenvalue weighted by Crippen LogP contribution is 2.36. The number of pyridine rings is 3. The Morgan fingerprint density at radius 1 is 0.931 bits per heavy atom. The summed E-state index contributed by atoms with van der Waals surface area (Å²) in [7, 11) is 1.91. The van der Waals surface area contributed by atoms with Gasteiger partial charge in [-0.1, -0.05) is 12.1 Å². The third kappa shape index (κ3) is 2.97. The van der Waals surface area contributed by atoms with Crippen LogP contribution in [0, 0.1) is 13.8 Å². The zero-order valence-corrected chi connectivity index (χ0v) is 16.4. The van der Waals surface area contributed by atoms with Gasteiger partial charge in [0, 0.05) is 36.8 Å². The maximum absolute atomic E-state index is 4.82. The second-order valence-corrected chi connectivity index (χ2v) is 7.09. The lowest BCUT2D eigenvalue weighted by Crippen LogP contribution is -1.92. The second kappa shape index (κ2) is 6.63. The first-order valence-corrected chi connectivity index (χ1v) is 9.34. The molecule has 0 unspecified atom stereocenters. The minimum atomic E-state index is 0.629. The number of rotatable bonds is 3. The van der Waals surface area contributed by atoms with Crippen molar-refractivity contribution in [1.82, 2.24) is 34.9 Å². The summed E-state index contributed by atoms with van der Waals surface area (Å²) in [6.07, 6.45) is 5.62. The fraction of sp³-hybridized carbons (Fsp3) is 0.136. The van der Waals surface area contributed by atoms with Crippen LogP contribution < -0.4 is 0 Å². The highest BCUT2D eigenvalue weighted by atomic mass is 15.3. The Kier molecular flexibility index (Phi) is 3.94. The van der Waals surface area contributed by atoms with Gasteiger partial charge in [-0.15, -0.1) is 0 Å². The number of fused-ring (bicyclic) bond motifs is 1. The first kappa shape index (κ1) is 17.2. The van der Waals surface area contributed by atoms with Crippen molar-refractivity contribution in [1.29, 1.82) is 0 Å². The SMILES string of the molecule is Cc1ccc(-c2cc(-c3cn(C)nc3C)nc3n[nH]c(-c4ccccn4)c23)nc1. The Morgan fingerprint density at radius 2 is 1.83 bits per heavy atom. The van der Waals surface area contributed by atoms with E-state index in [4.69, 9.17) is 4.98 Å². The quantitative estimate of drug-likeness (QED) is 0.509. The van der Waals surface area contributed by atoms with Crippen molar-refractivity contribution in [3.63, 3.8) is 0 Å². The molecule has 0 aliphatic heterocycles. The molecule has 7 nitrogen and oxygen atoms in total. The summed E-state index contributed by atoms with van der Waals surface area (Å²) in [4.78, 5) is 14.0. The molecule has 142 valence electrons. The molecule has 0 radical (unpaired) electrons. The van der Waals surface area contributed by atoms with Crippen molar-refractivity contribution in [2.75, 3.05) is 0 Å². The van der Waals surface area contributed by atoms with Crippen molar-refractivity contribution in [2.45, 2.75) is 13.8 Å². The van der Waals surface area contributed by atoms with Crippen LogP contribution >= 0.6 is 0 Å². The Hall–Kier alpha value is -3.87. The van der Waals surface area contributed by atoms with Gasteiger partial charge in [-0.25, -0.2) is 4.98 Å². The van der Waals surface area contributed by atoms with Crippen molar-refractivity contribution in [3.8, 4) is 33.9 Å². The van der Waals surface area contributed by atoms with Crippen molar-refractivity contribution in [2.24, 2.45) is 7.05 Å². The van der Waals surface area contributed by atoms with Gasteiger partial charge in [-0.2, -0.15) is 10.2 Å². The van der Waals surface area contributed by atoms with Gasteiger partial charge in [0.25, 0.3) is 0 Å². The molecule has 0 aliphatic carbocycles. The Balaban J connectivity index is 1.82. The lowest BCUT2D eigenvalue weighted by atomic mass is 10.0. The molecule has 0 aromatic carbocycles. The monoisotopic (exact) mass is 381 g/mol. The summed E-state index contributed by atoms with van der Waals surface area (Å²) in [5.41, 5.74) is 7.93. The first-order chi connectivity index (χ1) is 14.1. The van der Waals surface area contributed by atoms with Crippen LogP contribution in [0.3, 0.4) is 0 Å².